The van der Waals surface area contributed by atoms with E-state index < -0.39 is 6.36 Å². The van der Waals surface area contributed by atoms with Crippen LogP contribution in [-0.2, 0) is 4.74 Å². The Morgan fingerprint density at radius 2 is 1.94 bits per heavy atom. The fourth-order valence-electron chi connectivity index (χ4n) is 3.03. The molecule has 0 amide bonds. The molecule has 1 N–H and O–H groups in total. The number of nitrogens with zero attached hydrogens (tertiary/aromatic N) is 1. The van der Waals surface area contributed by atoms with Gasteiger partial charge in [-0.15, -0.1) is 13.2 Å². The monoisotopic (exact) mass is 252 g/mol. The van der Waals surface area contributed by atoms with Crippen LogP contribution >= 0.6 is 0 Å². The molecule has 0 aromatic rings. The second kappa shape index (κ2) is 5.12. The maximum absolute atomic E-state index is 11.9. The van der Waals surface area contributed by atoms with Crippen molar-refractivity contribution >= 4 is 0 Å². The van der Waals surface area contributed by atoms with E-state index in [4.69, 9.17) is 0 Å². The van der Waals surface area contributed by atoms with E-state index in [2.05, 4.69) is 15.0 Å². The van der Waals surface area contributed by atoms with Crippen molar-refractivity contribution in [3.8, 4) is 0 Å². The minimum absolute atomic E-state index is 0.0905. The number of piperazine rings is 1. The van der Waals surface area contributed by atoms with E-state index >= 15 is 0 Å². The summed E-state index contributed by atoms with van der Waals surface area (Å²) in [6, 6.07) is 0. The van der Waals surface area contributed by atoms with Crippen molar-refractivity contribution < 1.29 is 17.9 Å². The van der Waals surface area contributed by atoms with Gasteiger partial charge in [0.2, 0.25) is 0 Å². The lowest BCUT2D eigenvalue weighted by Gasteiger charge is -2.45. The fraction of sp³-hybridized carbons (Fsp3) is 1.00. The molecule has 0 radical (unpaired) electrons. The molecule has 2 aliphatic rings. The summed E-state index contributed by atoms with van der Waals surface area (Å²) in [5.74, 6) is 0. The molecule has 17 heavy (non-hydrogen) atoms. The zero-order valence-corrected chi connectivity index (χ0v) is 9.85. The maximum atomic E-state index is 11.9. The van der Waals surface area contributed by atoms with Crippen LogP contribution in [0.3, 0.4) is 0 Å². The molecular formula is C11H19F3N2O. The topological polar surface area (TPSA) is 24.5 Å². The molecule has 1 saturated heterocycles. The molecule has 0 atom stereocenters. The smallest absolute Gasteiger partial charge is 0.314 e. The Kier molecular flexibility index (Phi) is 3.95. The minimum atomic E-state index is -4.50. The summed E-state index contributed by atoms with van der Waals surface area (Å²) >= 11 is 0. The third kappa shape index (κ3) is 3.33. The van der Waals surface area contributed by atoms with Crippen molar-refractivity contribution in [2.75, 3.05) is 32.8 Å². The maximum Gasteiger partial charge on any atom is 0.522 e. The average molecular weight is 252 g/mol. The van der Waals surface area contributed by atoms with E-state index in [1.54, 1.807) is 0 Å². The zero-order chi connectivity index (χ0) is 12.4. The van der Waals surface area contributed by atoms with Gasteiger partial charge in [0.15, 0.2) is 0 Å². The molecule has 2 rings (SSSR count). The molecule has 0 aromatic carbocycles. The van der Waals surface area contributed by atoms with Crippen LogP contribution in [-0.4, -0.2) is 49.6 Å². The Morgan fingerprint density at radius 1 is 1.24 bits per heavy atom. The molecular weight excluding hydrogens is 233 g/mol. The second-order valence-corrected chi connectivity index (χ2v) is 4.89. The quantitative estimate of drug-likeness (QED) is 0.828. The summed E-state index contributed by atoms with van der Waals surface area (Å²) in [6.07, 6.45) is 0.0333. The predicted molar refractivity (Wildman–Crippen MR) is 57.6 cm³/mol. The Hall–Kier alpha value is -0.330. The van der Waals surface area contributed by atoms with Crippen LogP contribution in [0.15, 0.2) is 0 Å². The lowest BCUT2D eigenvalue weighted by Crippen LogP contribution is -2.60. The lowest BCUT2D eigenvalue weighted by molar-refractivity contribution is -0.325. The second-order valence-electron chi connectivity index (χ2n) is 4.89. The number of ether oxygens (including phenoxy) is 1. The average Bonchev–Trinajstić information content (AvgIpc) is 2.69. The van der Waals surface area contributed by atoms with Crippen molar-refractivity contribution in [2.24, 2.45) is 0 Å². The van der Waals surface area contributed by atoms with Gasteiger partial charge < -0.3 is 5.32 Å². The van der Waals surface area contributed by atoms with Crippen LogP contribution in [0.1, 0.15) is 25.7 Å². The van der Waals surface area contributed by atoms with Gasteiger partial charge in [-0.05, 0) is 12.8 Å². The van der Waals surface area contributed by atoms with Gasteiger partial charge in [0, 0.05) is 31.7 Å². The predicted octanol–water partition coefficient (Wildman–Crippen LogP) is 1.74. The molecule has 1 heterocycles. The van der Waals surface area contributed by atoms with Crippen LogP contribution in [0.25, 0.3) is 0 Å². The number of alkyl halides is 3. The van der Waals surface area contributed by atoms with Gasteiger partial charge in [0.05, 0.1) is 6.61 Å². The van der Waals surface area contributed by atoms with E-state index in [1.165, 1.54) is 12.8 Å². The van der Waals surface area contributed by atoms with Crippen LogP contribution in [0.4, 0.5) is 13.2 Å². The fourth-order valence-corrected chi connectivity index (χ4v) is 3.03. The van der Waals surface area contributed by atoms with Gasteiger partial charge in [-0.3, -0.25) is 9.64 Å². The van der Waals surface area contributed by atoms with Crippen molar-refractivity contribution in [2.45, 2.75) is 37.6 Å². The summed E-state index contributed by atoms with van der Waals surface area (Å²) in [7, 11) is 0. The van der Waals surface area contributed by atoms with E-state index in [0.717, 1.165) is 32.5 Å². The summed E-state index contributed by atoms with van der Waals surface area (Å²) in [6.45, 7) is 2.69. The third-order valence-electron chi connectivity index (χ3n) is 3.84. The molecule has 2 fully saturated rings. The third-order valence-corrected chi connectivity index (χ3v) is 3.84. The van der Waals surface area contributed by atoms with Gasteiger partial charge >= 0.3 is 6.36 Å². The Balaban J connectivity index is 1.85. The number of hydrogen-bond donors (Lipinski definition) is 1. The van der Waals surface area contributed by atoms with Crippen molar-refractivity contribution in [3.63, 3.8) is 0 Å². The first-order valence-electron chi connectivity index (χ1n) is 6.18. The zero-order valence-electron chi connectivity index (χ0n) is 9.85. The molecule has 3 nitrogen and oxygen atoms in total. The standard InChI is InChI=1S/C11H19F3N2O/c12-11(13,14)17-8-7-16-6-5-15-9-10(16)3-1-2-4-10/h15H,1-9H2. The lowest BCUT2D eigenvalue weighted by atomic mass is 9.93. The summed E-state index contributed by atoms with van der Waals surface area (Å²) in [5, 5.41) is 3.35. The molecule has 6 heteroatoms. The number of rotatable bonds is 3. The summed E-state index contributed by atoms with van der Waals surface area (Å²) < 4.78 is 39.6. The van der Waals surface area contributed by atoms with Crippen LogP contribution < -0.4 is 5.32 Å². The first kappa shape index (κ1) is 13.1. The summed E-state index contributed by atoms with van der Waals surface area (Å²) in [5.41, 5.74) is 0.0905. The number of hydrogen-bond acceptors (Lipinski definition) is 3. The Morgan fingerprint density at radius 3 is 2.59 bits per heavy atom. The van der Waals surface area contributed by atoms with E-state index in [1.807, 2.05) is 0 Å². The normalized spacial score (nSPS) is 25.6. The first-order valence-corrected chi connectivity index (χ1v) is 6.18. The molecule has 1 aliphatic heterocycles. The van der Waals surface area contributed by atoms with Gasteiger partial charge in [0.25, 0.3) is 0 Å². The highest BCUT2D eigenvalue weighted by Gasteiger charge is 2.41. The SMILES string of the molecule is FC(F)(F)OCCN1CCNCC12CCCC2. The molecule has 0 bridgehead atoms. The number of nitrogens with one attached hydrogen (secondary N) is 1. The van der Waals surface area contributed by atoms with Crippen LogP contribution in [0.2, 0.25) is 0 Å². The van der Waals surface area contributed by atoms with E-state index in [0.29, 0.717) is 6.54 Å². The Labute approximate surface area is 99.3 Å². The minimum Gasteiger partial charge on any atom is -0.314 e. The molecule has 1 saturated carbocycles. The van der Waals surface area contributed by atoms with Crippen molar-refractivity contribution in [1.82, 2.24) is 10.2 Å². The van der Waals surface area contributed by atoms with E-state index in [9.17, 15) is 13.2 Å². The van der Waals surface area contributed by atoms with Gasteiger partial charge in [-0.1, -0.05) is 12.8 Å². The molecule has 0 unspecified atom stereocenters. The van der Waals surface area contributed by atoms with E-state index in [-0.39, 0.29) is 12.1 Å². The summed E-state index contributed by atoms with van der Waals surface area (Å²) in [4.78, 5) is 2.18. The number of halogens is 3. The molecule has 0 aromatic heterocycles. The van der Waals surface area contributed by atoms with Gasteiger partial charge in [-0.25, -0.2) is 0 Å². The molecule has 1 spiro atoms. The van der Waals surface area contributed by atoms with Gasteiger partial charge in [0.1, 0.15) is 0 Å². The highest BCUT2D eigenvalue weighted by Crippen LogP contribution is 2.35. The van der Waals surface area contributed by atoms with Crippen molar-refractivity contribution in [3.05, 3.63) is 0 Å². The Bertz CT molecular complexity index is 252. The largest absolute Gasteiger partial charge is 0.522 e. The first-order chi connectivity index (χ1) is 8.02. The molecule has 1 aliphatic carbocycles. The van der Waals surface area contributed by atoms with Crippen molar-refractivity contribution in [1.29, 1.82) is 0 Å². The van der Waals surface area contributed by atoms with Crippen LogP contribution in [0, 0.1) is 0 Å². The van der Waals surface area contributed by atoms with Crippen LogP contribution in [0.5, 0.6) is 0 Å². The highest BCUT2D eigenvalue weighted by atomic mass is 19.4. The molecule has 100 valence electrons. The highest BCUT2D eigenvalue weighted by molar-refractivity contribution is 4.99. The van der Waals surface area contributed by atoms with Gasteiger partial charge in [-0.2, -0.15) is 0 Å².